The second-order valence-electron chi connectivity index (χ2n) is 5.70. The SMILES string of the molecule is CN(C)CCN(CC1COc2ccccc2N1)C(=O)C(F)(F)F. The Bertz CT molecular complexity index is 549. The average molecular weight is 331 g/mol. The summed E-state index contributed by atoms with van der Waals surface area (Å²) in [6, 6.07) is 6.80. The van der Waals surface area contributed by atoms with Crippen LogP contribution in [0.5, 0.6) is 5.75 Å². The van der Waals surface area contributed by atoms with Gasteiger partial charge in [-0.3, -0.25) is 4.79 Å². The van der Waals surface area contributed by atoms with Gasteiger partial charge in [0.2, 0.25) is 0 Å². The van der Waals surface area contributed by atoms with Crippen molar-refractivity contribution in [2.24, 2.45) is 0 Å². The van der Waals surface area contributed by atoms with Crippen molar-refractivity contribution in [3.63, 3.8) is 0 Å². The van der Waals surface area contributed by atoms with E-state index in [0.29, 0.717) is 12.3 Å². The van der Waals surface area contributed by atoms with Crippen molar-refractivity contribution in [3.05, 3.63) is 24.3 Å². The quantitative estimate of drug-likeness (QED) is 0.894. The van der Waals surface area contributed by atoms with Gasteiger partial charge in [0.25, 0.3) is 0 Å². The molecule has 1 heterocycles. The lowest BCUT2D eigenvalue weighted by Crippen LogP contribution is -2.50. The fraction of sp³-hybridized carbons (Fsp3) is 0.533. The summed E-state index contributed by atoms with van der Waals surface area (Å²) in [7, 11) is 3.49. The van der Waals surface area contributed by atoms with Crippen molar-refractivity contribution in [2.75, 3.05) is 45.7 Å². The Balaban J connectivity index is 2.04. The highest BCUT2D eigenvalue weighted by molar-refractivity contribution is 5.82. The van der Waals surface area contributed by atoms with Gasteiger partial charge in [-0.2, -0.15) is 13.2 Å². The molecule has 0 saturated heterocycles. The van der Waals surface area contributed by atoms with Crippen LogP contribution in [0.4, 0.5) is 18.9 Å². The minimum Gasteiger partial charge on any atom is -0.489 e. The van der Waals surface area contributed by atoms with Gasteiger partial charge in [0.05, 0.1) is 11.7 Å². The number of carbonyl (C=O) groups is 1. The van der Waals surface area contributed by atoms with Crippen LogP contribution in [0.3, 0.4) is 0 Å². The molecule has 5 nitrogen and oxygen atoms in total. The lowest BCUT2D eigenvalue weighted by atomic mass is 10.2. The largest absolute Gasteiger partial charge is 0.489 e. The van der Waals surface area contributed by atoms with Crippen LogP contribution < -0.4 is 10.1 Å². The van der Waals surface area contributed by atoms with Gasteiger partial charge in [-0.05, 0) is 26.2 Å². The number of hydrogen-bond donors (Lipinski definition) is 1. The molecule has 1 aliphatic heterocycles. The number of alkyl halides is 3. The van der Waals surface area contributed by atoms with E-state index in [2.05, 4.69) is 5.32 Å². The molecular weight excluding hydrogens is 311 g/mol. The summed E-state index contributed by atoms with van der Waals surface area (Å²) in [5.41, 5.74) is 0.718. The lowest BCUT2D eigenvalue weighted by Gasteiger charge is -2.33. The minimum absolute atomic E-state index is 0.00513. The Morgan fingerprint density at radius 3 is 2.65 bits per heavy atom. The molecule has 1 aromatic carbocycles. The Kier molecular flexibility index (Phi) is 5.35. The van der Waals surface area contributed by atoms with Gasteiger partial charge in [-0.25, -0.2) is 0 Å². The van der Waals surface area contributed by atoms with Gasteiger partial charge < -0.3 is 19.9 Å². The number of carbonyl (C=O) groups excluding carboxylic acids is 1. The maximum absolute atomic E-state index is 12.8. The fourth-order valence-corrected chi connectivity index (χ4v) is 2.30. The first kappa shape index (κ1) is 17.4. The molecule has 1 unspecified atom stereocenters. The second kappa shape index (κ2) is 7.08. The molecule has 1 N–H and O–H groups in total. The van der Waals surface area contributed by atoms with Crippen molar-refractivity contribution < 1.29 is 22.7 Å². The van der Waals surface area contributed by atoms with E-state index in [1.54, 1.807) is 31.1 Å². The van der Waals surface area contributed by atoms with Crippen molar-refractivity contribution in [2.45, 2.75) is 12.2 Å². The number of nitrogens with zero attached hydrogens (tertiary/aromatic N) is 2. The summed E-state index contributed by atoms with van der Waals surface area (Å²) in [6.45, 7) is 0.498. The smallest absolute Gasteiger partial charge is 0.471 e. The second-order valence-corrected chi connectivity index (χ2v) is 5.70. The third kappa shape index (κ3) is 4.75. The number of rotatable bonds is 5. The number of halogens is 3. The molecular formula is C15H20F3N3O2. The molecule has 1 amide bonds. The molecule has 0 saturated carbocycles. The number of nitrogens with one attached hydrogen (secondary N) is 1. The number of para-hydroxylation sites is 2. The normalized spacial score (nSPS) is 17.2. The average Bonchev–Trinajstić information content (AvgIpc) is 2.49. The predicted molar refractivity (Wildman–Crippen MR) is 80.5 cm³/mol. The molecule has 0 radical (unpaired) electrons. The first-order valence-electron chi connectivity index (χ1n) is 7.26. The van der Waals surface area contributed by atoms with Crippen LogP contribution >= 0.6 is 0 Å². The monoisotopic (exact) mass is 331 g/mol. The highest BCUT2D eigenvalue weighted by atomic mass is 19.4. The predicted octanol–water partition coefficient (Wildman–Crippen LogP) is 1.81. The van der Waals surface area contributed by atoms with Crippen molar-refractivity contribution >= 4 is 11.6 Å². The molecule has 1 aromatic rings. The first-order valence-corrected chi connectivity index (χ1v) is 7.26. The van der Waals surface area contributed by atoms with Gasteiger partial charge in [-0.1, -0.05) is 12.1 Å². The zero-order valence-corrected chi connectivity index (χ0v) is 13.1. The van der Waals surface area contributed by atoms with Crippen LogP contribution in [0.2, 0.25) is 0 Å². The number of hydrogen-bond acceptors (Lipinski definition) is 4. The number of anilines is 1. The highest BCUT2D eigenvalue weighted by Crippen LogP contribution is 2.28. The summed E-state index contributed by atoms with van der Waals surface area (Å²) in [5, 5.41) is 3.12. The summed E-state index contributed by atoms with van der Waals surface area (Å²) in [6.07, 6.45) is -4.88. The minimum atomic E-state index is -4.88. The van der Waals surface area contributed by atoms with Crippen LogP contribution in [0.1, 0.15) is 0 Å². The van der Waals surface area contributed by atoms with Crippen molar-refractivity contribution in [1.82, 2.24) is 9.80 Å². The Labute approximate surface area is 133 Å². The zero-order chi connectivity index (χ0) is 17.0. The molecule has 0 spiro atoms. The summed E-state index contributed by atoms with van der Waals surface area (Å²) in [4.78, 5) is 14.2. The van der Waals surface area contributed by atoms with Crippen LogP contribution in [-0.4, -0.2) is 68.3 Å². The molecule has 0 fully saturated rings. The number of benzene rings is 1. The van der Waals surface area contributed by atoms with E-state index >= 15 is 0 Å². The summed E-state index contributed by atoms with van der Waals surface area (Å²) >= 11 is 0. The Morgan fingerprint density at radius 2 is 2.00 bits per heavy atom. The van der Waals surface area contributed by atoms with E-state index in [9.17, 15) is 18.0 Å². The lowest BCUT2D eigenvalue weighted by molar-refractivity contribution is -0.185. The van der Waals surface area contributed by atoms with E-state index in [4.69, 9.17) is 4.74 Å². The summed E-state index contributed by atoms with van der Waals surface area (Å²) in [5.74, 6) is -1.16. The van der Waals surface area contributed by atoms with Crippen molar-refractivity contribution in [3.8, 4) is 5.75 Å². The molecule has 8 heteroatoms. The number of fused-ring (bicyclic) bond motifs is 1. The number of ether oxygens (including phenoxy) is 1. The van der Waals surface area contributed by atoms with E-state index in [-0.39, 0.29) is 19.7 Å². The maximum Gasteiger partial charge on any atom is 0.471 e. The third-order valence-corrected chi connectivity index (χ3v) is 3.47. The molecule has 0 aromatic heterocycles. The molecule has 2 rings (SSSR count). The molecule has 128 valence electrons. The zero-order valence-electron chi connectivity index (χ0n) is 13.1. The van der Waals surface area contributed by atoms with Crippen LogP contribution in [0.15, 0.2) is 24.3 Å². The van der Waals surface area contributed by atoms with Gasteiger partial charge in [0.15, 0.2) is 0 Å². The maximum atomic E-state index is 12.8. The van der Waals surface area contributed by atoms with E-state index < -0.39 is 18.1 Å². The van der Waals surface area contributed by atoms with Crippen LogP contribution in [0.25, 0.3) is 0 Å². The van der Waals surface area contributed by atoms with Gasteiger partial charge in [-0.15, -0.1) is 0 Å². The first-order chi connectivity index (χ1) is 10.8. The number of likely N-dealkylation sites (N-methyl/N-ethyl adjacent to an activating group) is 1. The highest BCUT2D eigenvalue weighted by Gasteiger charge is 2.43. The van der Waals surface area contributed by atoms with E-state index in [0.717, 1.165) is 10.6 Å². The standard InChI is InChI=1S/C15H20F3N3O2/c1-20(2)7-8-21(14(22)15(16,17)18)9-11-10-23-13-6-4-3-5-12(13)19-11/h3-6,11,19H,7-10H2,1-2H3. The summed E-state index contributed by atoms with van der Waals surface area (Å²) < 4.78 is 43.8. The fourth-order valence-electron chi connectivity index (χ4n) is 2.30. The third-order valence-electron chi connectivity index (χ3n) is 3.47. The van der Waals surface area contributed by atoms with Gasteiger partial charge in [0, 0.05) is 19.6 Å². The molecule has 1 atom stereocenters. The van der Waals surface area contributed by atoms with E-state index in [1.165, 1.54) is 0 Å². The molecule has 0 bridgehead atoms. The topological polar surface area (TPSA) is 44.8 Å². The van der Waals surface area contributed by atoms with Gasteiger partial charge in [0.1, 0.15) is 12.4 Å². The number of amides is 1. The Morgan fingerprint density at radius 1 is 1.30 bits per heavy atom. The molecule has 23 heavy (non-hydrogen) atoms. The Hall–Kier alpha value is -1.96. The van der Waals surface area contributed by atoms with E-state index in [1.807, 2.05) is 12.1 Å². The molecule has 1 aliphatic rings. The van der Waals surface area contributed by atoms with Crippen molar-refractivity contribution in [1.29, 1.82) is 0 Å². The van der Waals surface area contributed by atoms with Crippen LogP contribution in [-0.2, 0) is 4.79 Å². The molecule has 0 aliphatic carbocycles. The van der Waals surface area contributed by atoms with Crippen LogP contribution in [0, 0.1) is 0 Å². The van der Waals surface area contributed by atoms with Gasteiger partial charge >= 0.3 is 12.1 Å².